The van der Waals surface area contributed by atoms with Gasteiger partial charge in [-0.25, -0.2) is 0 Å². The van der Waals surface area contributed by atoms with Crippen molar-refractivity contribution in [3.05, 3.63) is 0 Å². The van der Waals surface area contributed by atoms with Crippen LogP contribution in [0.2, 0.25) is 0 Å². The zero-order valence-electron chi connectivity index (χ0n) is 8.09. The van der Waals surface area contributed by atoms with Crippen LogP contribution in [0.15, 0.2) is 0 Å². The van der Waals surface area contributed by atoms with Gasteiger partial charge in [-0.15, -0.1) is 0 Å². The van der Waals surface area contributed by atoms with Crippen molar-refractivity contribution in [3.63, 3.8) is 0 Å². The highest BCUT2D eigenvalue weighted by atomic mass is 16.6. The second-order valence-electron chi connectivity index (χ2n) is 4.49. The van der Waals surface area contributed by atoms with Gasteiger partial charge in [0.2, 0.25) is 0 Å². The van der Waals surface area contributed by atoms with E-state index in [4.69, 9.17) is 4.74 Å². The summed E-state index contributed by atoms with van der Waals surface area (Å²) in [4.78, 5) is 0. The first-order valence-electron chi connectivity index (χ1n) is 5.50. The van der Waals surface area contributed by atoms with Crippen molar-refractivity contribution < 1.29 is 4.74 Å². The SMILES string of the molecule is CCC1CCC(CC2CO2)CC1. The van der Waals surface area contributed by atoms with Crippen molar-refractivity contribution in [1.82, 2.24) is 0 Å². The fourth-order valence-corrected chi connectivity index (χ4v) is 2.45. The molecule has 2 fully saturated rings. The number of hydrogen-bond acceptors (Lipinski definition) is 1. The van der Waals surface area contributed by atoms with Gasteiger partial charge in [0, 0.05) is 0 Å². The predicted molar refractivity (Wildman–Crippen MR) is 50.1 cm³/mol. The molecule has 0 radical (unpaired) electrons. The summed E-state index contributed by atoms with van der Waals surface area (Å²) >= 11 is 0. The second kappa shape index (κ2) is 3.78. The molecule has 1 aliphatic carbocycles. The lowest BCUT2D eigenvalue weighted by atomic mass is 9.79. The van der Waals surface area contributed by atoms with Gasteiger partial charge in [0.25, 0.3) is 0 Å². The lowest BCUT2D eigenvalue weighted by molar-refractivity contribution is 0.239. The molecule has 1 heterocycles. The number of hydrogen-bond donors (Lipinski definition) is 0. The molecule has 1 aliphatic heterocycles. The standard InChI is InChI=1S/C11H20O/c1-2-9-3-5-10(6-4-9)7-11-8-12-11/h9-11H,2-8H2,1H3. The Labute approximate surface area is 75.5 Å². The maximum absolute atomic E-state index is 5.26. The molecule has 70 valence electrons. The second-order valence-corrected chi connectivity index (χ2v) is 4.49. The first kappa shape index (κ1) is 8.55. The van der Waals surface area contributed by atoms with Crippen LogP contribution in [0.5, 0.6) is 0 Å². The minimum Gasteiger partial charge on any atom is -0.373 e. The van der Waals surface area contributed by atoms with Crippen LogP contribution in [-0.2, 0) is 4.74 Å². The van der Waals surface area contributed by atoms with Crippen LogP contribution in [0, 0.1) is 11.8 Å². The van der Waals surface area contributed by atoms with Crippen molar-refractivity contribution in [2.24, 2.45) is 11.8 Å². The van der Waals surface area contributed by atoms with Gasteiger partial charge in [-0.05, 0) is 18.3 Å². The van der Waals surface area contributed by atoms with Crippen LogP contribution in [0.3, 0.4) is 0 Å². The Morgan fingerprint density at radius 3 is 2.17 bits per heavy atom. The van der Waals surface area contributed by atoms with Crippen molar-refractivity contribution in [1.29, 1.82) is 0 Å². The summed E-state index contributed by atoms with van der Waals surface area (Å²) in [5, 5.41) is 0. The minimum absolute atomic E-state index is 0.660. The van der Waals surface area contributed by atoms with E-state index in [1.807, 2.05) is 0 Å². The van der Waals surface area contributed by atoms with E-state index in [1.165, 1.54) is 38.5 Å². The highest BCUT2D eigenvalue weighted by Gasteiger charge is 2.28. The third-order valence-electron chi connectivity index (χ3n) is 3.54. The third-order valence-corrected chi connectivity index (χ3v) is 3.54. The quantitative estimate of drug-likeness (QED) is 0.590. The molecule has 1 atom stereocenters. The highest BCUT2D eigenvalue weighted by molar-refractivity contribution is 4.78. The summed E-state index contributed by atoms with van der Waals surface area (Å²) in [6.45, 7) is 3.38. The summed E-state index contributed by atoms with van der Waals surface area (Å²) in [6.07, 6.45) is 9.31. The maximum atomic E-state index is 5.26. The van der Waals surface area contributed by atoms with Gasteiger partial charge < -0.3 is 4.74 Å². The molecule has 0 N–H and O–H groups in total. The van der Waals surface area contributed by atoms with Gasteiger partial charge in [0.05, 0.1) is 12.7 Å². The van der Waals surface area contributed by atoms with E-state index in [0.29, 0.717) is 6.10 Å². The monoisotopic (exact) mass is 168 g/mol. The van der Waals surface area contributed by atoms with E-state index in [0.717, 1.165) is 18.4 Å². The van der Waals surface area contributed by atoms with E-state index in [-0.39, 0.29) is 0 Å². The molecule has 2 rings (SSSR count). The highest BCUT2D eigenvalue weighted by Crippen LogP contribution is 2.35. The Kier molecular flexibility index (Phi) is 2.69. The summed E-state index contributed by atoms with van der Waals surface area (Å²) in [5.41, 5.74) is 0. The molecule has 1 heteroatoms. The van der Waals surface area contributed by atoms with Gasteiger partial charge in [0.1, 0.15) is 0 Å². The largest absolute Gasteiger partial charge is 0.373 e. The first-order chi connectivity index (χ1) is 5.88. The van der Waals surface area contributed by atoms with Crippen LogP contribution in [-0.4, -0.2) is 12.7 Å². The fraction of sp³-hybridized carbons (Fsp3) is 1.00. The van der Waals surface area contributed by atoms with E-state index in [1.54, 1.807) is 0 Å². The first-order valence-corrected chi connectivity index (χ1v) is 5.50. The van der Waals surface area contributed by atoms with Crippen molar-refractivity contribution in [2.45, 2.75) is 51.6 Å². The molecule has 1 unspecified atom stereocenters. The van der Waals surface area contributed by atoms with Crippen molar-refractivity contribution >= 4 is 0 Å². The molecule has 0 spiro atoms. The third kappa shape index (κ3) is 2.22. The average Bonchev–Trinajstić information content (AvgIpc) is 2.90. The smallest absolute Gasteiger partial charge is 0.0812 e. The van der Waals surface area contributed by atoms with E-state index >= 15 is 0 Å². The van der Waals surface area contributed by atoms with Crippen LogP contribution >= 0.6 is 0 Å². The Bertz CT molecular complexity index is 132. The lowest BCUT2D eigenvalue weighted by Crippen LogP contribution is -2.15. The fourth-order valence-electron chi connectivity index (χ4n) is 2.45. The van der Waals surface area contributed by atoms with E-state index in [9.17, 15) is 0 Å². The van der Waals surface area contributed by atoms with Crippen LogP contribution < -0.4 is 0 Å². The van der Waals surface area contributed by atoms with Crippen LogP contribution in [0.1, 0.15) is 45.4 Å². The molecule has 0 aromatic heterocycles. The number of ether oxygens (including phenoxy) is 1. The molecule has 1 saturated carbocycles. The predicted octanol–water partition coefficient (Wildman–Crippen LogP) is 2.99. The minimum atomic E-state index is 0.660. The van der Waals surface area contributed by atoms with E-state index in [2.05, 4.69) is 6.92 Å². The van der Waals surface area contributed by atoms with Crippen LogP contribution in [0.4, 0.5) is 0 Å². The molecule has 0 aromatic carbocycles. The Balaban J connectivity index is 1.66. The molecular formula is C11H20O. The van der Waals surface area contributed by atoms with Crippen molar-refractivity contribution in [2.75, 3.05) is 6.61 Å². The zero-order chi connectivity index (χ0) is 8.39. The summed E-state index contributed by atoms with van der Waals surface area (Å²) < 4.78 is 5.26. The summed E-state index contributed by atoms with van der Waals surface area (Å²) in [5.74, 6) is 2.04. The Morgan fingerprint density at radius 1 is 1.08 bits per heavy atom. The number of epoxide rings is 1. The zero-order valence-corrected chi connectivity index (χ0v) is 8.09. The van der Waals surface area contributed by atoms with Gasteiger partial charge in [0.15, 0.2) is 0 Å². The van der Waals surface area contributed by atoms with E-state index < -0.39 is 0 Å². The molecule has 2 aliphatic rings. The molecule has 0 aromatic rings. The van der Waals surface area contributed by atoms with Gasteiger partial charge in [-0.2, -0.15) is 0 Å². The molecule has 12 heavy (non-hydrogen) atoms. The van der Waals surface area contributed by atoms with Gasteiger partial charge in [-0.3, -0.25) is 0 Å². The van der Waals surface area contributed by atoms with Crippen LogP contribution in [0.25, 0.3) is 0 Å². The summed E-state index contributed by atoms with van der Waals surface area (Å²) in [6, 6.07) is 0. The number of rotatable bonds is 3. The average molecular weight is 168 g/mol. The molecule has 1 saturated heterocycles. The van der Waals surface area contributed by atoms with Gasteiger partial charge >= 0.3 is 0 Å². The Hall–Kier alpha value is -0.0400. The lowest BCUT2D eigenvalue weighted by Gasteiger charge is -2.27. The topological polar surface area (TPSA) is 12.5 Å². The maximum Gasteiger partial charge on any atom is 0.0812 e. The molecular weight excluding hydrogens is 148 g/mol. The van der Waals surface area contributed by atoms with Gasteiger partial charge in [-0.1, -0.05) is 39.0 Å². The Morgan fingerprint density at radius 2 is 1.67 bits per heavy atom. The normalized spacial score (nSPS) is 41.2. The summed E-state index contributed by atoms with van der Waals surface area (Å²) in [7, 11) is 0. The molecule has 0 bridgehead atoms. The molecule has 1 nitrogen and oxygen atoms in total. The van der Waals surface area contributed by atoms with Crippen molar-refractivity contribution in [3.8, 4) is 0 Å². The molecule has 0 amide bonds.